The molecule has 2 N–H and O–H groups in total. The van der Waals surface area contributed by atoms with E-state index in [0.717, 1.165) is 30.2 Å². The van der Waals surface area contributed by atoms with Crippen LogP contribution in [0.4, 0.5) is 4.39 Å². The number of halogens is 2. The summed E-state index contributed by atoms with van der Waals surface area (Å²) in [6, 6.07) is 13.2. The minimum atomic E-state index is -0.249. The number of benzene rings is 2. The third-order valence-corrected chi connectivity index (χ3v) is 4.65. The van der Waals surface area contributed by atoms with Crippen molar-refractivity contribution in [2.24, 2.45) is 4.99 Å². The molecule has 160 valence electrons. The van der Waals surface area contributed by atoms with Gasteiger partial charge < -0.3 is 20.1 Å². The summed E-state index contributed by atoms with van der Waals surface area (Å²) in [6.45, 7) is 3.82. The number of ether oxygens (including phenoxy) is 2. The molecule has 0 heterocycles. The first-order valence-corrected chi connectivity index (χ1v) is 9.42. The van der Waals surface area contributed by atoms with Gasteiger partial charge in [0.15, 0.2) is 5.96 Å². The Morgan fingerprint density at radius 3 is 2.45 bits per heavy atom. The van der Waals surface area contributed by atoms with Crippen molar-refractivity contribution < 1.29 is 13.9 Å². The molecule has 2 aromatic rings. The van der Waals surface area contributed by atoms with Gasteiger partial charge in [-0.3, -0.25) is 4.99 Å². The summed E-state index contributed by atoms with van der Waals surface area (Å²) in [5.41, 5.74) is 2.81. The van der Waals surface area contributed by atoms with Crippen LogP contribution in [-0.4, -0.2) is 33.8 Å². The van der Waals surface area contributed by atoms with Crippen molar-refractivity contribution in [3.05, 3.63) is 65.0 Å². The summed E-state index contributed by atoms with van der Waals surface area (Å²) in [4.78, 5) is 4.25. The van der Waals surface area contributed by atoms with Crippen LogP contribution in [0.15, 0.2) is 47.5 Å². The van der Waals surface area contributed by atoms with E-state index >= 15 is 0 Å². The Morgan fingerprint density at radius 1 is 1.10 bits per heavy atom. The van der Waals surface area contributed by atoms with E-state index in [2.05, 4.69) is 34.7 Å². The molecule has 0 fully saturated rings. The van der Waals surface area contributed by atoms with Gasteiger partial charge in [-0.25, -0.2) is 4.39 Å². The van der Waals surface area contributed by atoms with E-state index < -0.39 is 0 Å². The highest BCUT2D eigenvalue weighted by Gasteiger charge is 2.07. The number of methoxy groups -OCH3 is 2. The van der Waals surface area contributed by atoms with Crippen LogP contribution in [0.5, 0.6) is 5.75 Å². The van der Waals surface area contributed by atoms with Gasteiger partial charge in [-0.05, 0) is 47.7 Å². The minimum absolute atomic E-state index is 0. The quantitative estimate of drug-likeness (QED) is 0.294. The van der Waals surface area contributed by atoms with Crippen LogP contribution in [0.25, 0.3) is 0 Å². The summed E-state index contributed by atoms with van der Waals surface area (Å²) in [5.74, 6) is 1.76. The molecule has 0 aliphatic heterocycles. The smallest absolute Gasteiger partial charge is 0.191 e. The largest absolute Gasteiger partial charge is 0.497 e. The lowest BCUT2D eigenvalue weighted by Gasteiger charge is -2.16. The molecule has 29 heavy (non-hydrogen) atoms. The van der Waals surface area contributed by atoms with Gasteiger partial charge in [-0.15, -0.1) is 24.0 Å². The summed E-state index contributed by atoms with van der Waals surface area (Å²) >= 11 is 0. The first-order chi connectivity index (χ1) is 13.6. The van der Waals surface area contributed by atoms with Crippen molar-refractivity contribution in [2.45, 2.75) is 32.4 Å². The second-order valence-electron chi connectivity index (χ2n) is 6.67. The highest BCUT2D eigenvalue weighted by Crippen LogP contribution is 2.21. The molecular formula is C22H31FIN3O2. The number of hydrogen-bond donors (Lipinski definition) is 2. The normalized spacial score (nSPS) is 12.1. The average Bonchev–Trinajstić information content (AvgIpc) is 2.72. The highest BCUT2D eigenvalue weighted by molar-refractivity contribution is 14.0. The number of nitrogens with one attached hydrogen (secondary N) is 2. The maximum Gasteiger partial charge on any atom is 0.191 e. The Balaban J connectivity index is 0.00000420. The molecule has 0 spiro atoms. The van der Waals surface area contributed by atoms with Crippen molar-refractivity contribution in [3.63, 3.8) is 0 Å². The van der Waals surface area contributed by atoms with E-state index in [0.29, 0.717) is 18.0 Å². The maximum absolute atomic E-state index is 13.7. The Morgan fingerprint density at radius 2 is 1.83 bits per heavy atom. The molecule has 0 saturated heterocycles. The van der Waals surface area contributed by atoms with Gasteiger partial charge in [0.2, 0.25) is 0 Å². The van der Waals surface area contributed by atoms with Crippen molar-refractivity contribution in [3.8, 4) is 5.75 Å². The Hall–Kier alpha value is -1.87. The van der Waals surface area contributed by atoms with Crippen LogP contribution >= 0.6 is 24.0 Å². The standard InChI is InChI=1S/C22H30FN3O2.HI/c1-16(18-6-8-20(28-4)9-7-18)11-12-25-22(24-2)26-14-17-5-10-21(23)19(13-17)15-27-3;/h5-10,13,16H,11-12,14-15H2,1-4H3,(H2,24,25,26);1H. The van der Waals surface area contributed by atoms with Gasteiger partial charge in [0.1, 0.15) is 11.6 Å². The molecule has 1 atom stereocenters. The molecule has 0 aliphatic rings. The van der Waals surface area contributed by atoms with Crippen molar-refractivity contribution >= 4 is 29.9 Å². The fraction of sp³-hybridized carbons (Fsp3) is 0.409. The number of hydrogen-bond acceptors (Lipinski definition) is 3. The van der Waals surface area contributed by atoms with Crippen LogP contribution in [-0.2, 0) is 17.9 Å². The SMILES string of the molecule is CN=C(NCCC(C)c1ccc(OC)cc1)NCc1ccc(F)c(COC)c1.I. The van der Waals surface area contributed by atoms with Gasteiger partial charge in [0.25, 0.3) is 0 Å². The molecule has 0 amide bonds. The number of aliphatic imine (C=N–C) groups is 1. The van der Waals surface area contributed by atoms with Crippen molar-refractivity contribution in [1.82, 2.24) is 10.6 Å². The molecule has 2 rings (SSSR count). The van der Waals surface area contributed by atoms with Gasteiger partial charge in [0.05, 0.1) is 13.7 Å². The van der Waals surface area contributed by atoms with Crippen LogP contribution < -0.4 is 15.4 Å². The Labute approximate surface area is 190 Å². The Bertz CT molecular complexity index is 769. The third-order valence-electron chi connectivity index (χ3n) is 4.65. The lowest BCUT2D eigenvalue weighted by Crippen LogP contribution is -2.37. The zero-order valence-electron chi connectivity index (χ0n) is 17.5. The number of nitrogens with zero attached hydrogens (tertiary/aromatic N) is 1. The van der Waals surface area contributed by atoms with E-state index in [1.807, 2.05) is 18.2 Å². The molecule has 7 heteroatoms. The third kappa shape index (κ3) is 8.18. The van der Waals surface area contributed by atoms with E-state index in [9.17, 15) is 4.39 Å². The van der Waals surface area contributed by atoms with E-state index in [1.165, 1.54) is 11.6 Å². The molecule has 0 radical (unpaired) electrons. The maximum atomic E-state index is 13.7. The molecule has 2 aromatic carbocycles. The first-order valence-electron chi connectivity index (χ1n) is 9.42. The van der Waals surface area contributed by atoms with E-state index in [1.54, 1.807) is 27.3 Å². The summed E-state index contributed by atoms with van der Waals surface area (Å²) in [5, 5.41) is 6.59. The predicted octanol–water partition coefficient (Wildman–Crippen LogP) is 4.46. The summed E-state index contributed by atoms with van der Waals surface area (Å²) in [6.07, 6.45) is 0.974. The van der Waals surface area contributed by atoms with E-state index in [-0.39, 0.29) is 36.4 Å². The topological polar surface area (TPSA) is 54.9 Å². The fourth-order valence-corrected chi connectivity index (χ4v) is 2.92. The second kappa shape index (κ2) is 13.4. The summed E-state index contributed by atoms with van der Waals surface area (Å²) < 4.78 is 23.9. The first kappa shape index (κ1) is 25.2. The Kier molecular flexibility index (Phi) is 11.6. The van der Waals surface area contributed by atoms with Crippen LogP contribution in [0.3, 0.4) is 0 Å². The molecular weight excluding hydrogens is 484 g/mol. The zero-order valence-corrected chi connectivity index (χ0v) is 19.8. The van der Waals surface area contributed by atoms with Gasteiger partial charge in [-0.1, -0.05) is 25.1 Å². The molecule has 0 saturated carbocycles. The lowest BCUT2D eigenvalue weighted by atomic mass is 9.98. The molecule has 5 nitrogen and oxygen atoms in total. The van der Waals surface area contributed by atoms with Crippen LogP contribution in [0.1, 0.15) is 36.0 Å². The van der Waals surface area contributed by atoms with Crippen molar-refractivity contribution in [1.29, 1.82) is 0 Å². The highest BCUT2D eigenvalue weighted by atomic mass is 127. The van der Waals surface area contributed by atoms with Gasteiger partial charge >= 0.3 is 0 Å². The molecule has 0 bridgehead atoms. The lowest BCUT2D eigenvalue weighted by molar-refractivity contribution is 0.181. The van der Waals surface area contributed by atoms with Crippen LogP contribution in [0, 0.1) is 5.82 Å². The minimum Gasteiger partial charge on any atom is -0.497 e. The van der Waals surface area contributed by atoms with Gasteiger partial charge in [-0.2, -0.15) is 0 Å². The predicted molar refractivity (Wildman–Crippen MR) is 127 cm³/mol. The second-order valence-corrected chi connectivity index (χ2v) is 6.67. The van der Waals surface area contributed by atoms with Crippen molar-refractivity contribution in [2.75, 3.05) is 27.8 Å². The number of rotatable bonds is 9. The molecule has 0 aliphatic carbocycles. The monoisotopic (exact) mass is 515 g/mol. The average molecular weight is 515 g/mol. The van der Waals surface area contributed by atoms with Crippen LogP contribution in [0.2, 0.25) is 0 Å². The fourth-order valence-electron chi connectivity index (χ4n) is 2.92. The van der Waals surface area contributed by atoms with E-state index in [4.69, 9.17) is 9.47 Å². The van der Waals surface area contributed by atoms with Gasteiger partial charge in [0, 0.05) is 32.8 Å². The zero-order chi connectivity index (χ0) is 20.4. The molecule has 1 unspecified atom stereocenters. The summed E-state index contributed by atoms with van der Waals surface area (Å²) in [7, 11) is 4.97. The number of guanidine groups is 1. The molecule has 0 aromatic heterocycles.